The second-order valence-corrected chi connectivity index (χ2v) is 4.57. The standard InChI is InChI=1S/C15H14ClNO2/c1-3-19-13-6-11(8-17-9-13)15(18)14-7-12(16)5-4-10(14)2/h4-9H,3H2,1-2H3. The van der Waals surface area contributed by atoms with Crippen LogP contribution < -0.4 is 4.74 Å². The SMILES string of the molecule is CCOc1cncc(C(=O)c2cc(Cl)ccc2C)c1. The van der Waals surface area contributed by atoms with Gasteiger partial charge in [0, 0.05) is 22.3 Å². The van der Waals surface area contributed by atoms with Crippen molar-refractivity contribution in [3.8, 4) is 5.75 Å². The van der Waals surface area contributed by atoms with Crippen LogP contribution in [-0.2, 0) is 0 Å². The zero-order valence-electron chi connectivity index (χ0n) is 10.8. The number of ketones is 1. The van der Waals surface area contributed by atoms with Gasteiger partial charge in [-0.05, 0) is 37.6 Å². The maximum Gasteiger partial charge on any atom is 0.195 e. The Bertz CT molecular complexity index is 611. The molecule has 0 saturated carbocycles. The van der Waals surface area contributed by atoms with E-state index < -0.39 is 0 Å². The van der Waals surface area contributed by atoms with E-state index in [1.54, 1.807) is 24.4 Å². The third-order valence-electron chi connectivity index (χ3n) is 2.73. The van der Waals surface area contributed by atoms with Crippen LogP contribution in [0.25, 0.3) is 0 Å². The van der Waals surface area contributed by atoms with Crippen LogP contribution in [0.4, 0.5) is 0 Å². The van der Waals surface area contributed by atoms with E-state index in [1.165, 1.54) is 6.20 Å². The molecule has 2 aromatic rings. The number of aromatic nitrogens is 1. The minimum absolute atomic E-state index is 0.103. The molecule has 0 radical (unpaired) electrons. The van der Waals surface area contributed by atoms with E-state index in [0.29, 0.717) is 28.5 Å². The lowest BCUT2D eigenvalue weighted by Crippen LogP contribution is -2.05. The van der Waals surface area contributed by atoms with Crippen LogP contribution in [0, 0.1) is 6.92 Å². The van der Waals surface area contributed by atoms with E-state index in [9.17, 15) is 4.79 Å². The monoisotopic (exact) mass is 275 g/mol. The number of benzene rings is 1. The molecule has 0 N–H and O–H groups in total. The third-order valence-corrected chi connectivity index (χ3v) is 2.97. The summed E-state index contributed by atoms with van der Waals surface area (Å²) in [5.74, 6) is 0.488. The lowest BCUT2D eigenvalue weighted by molar-refractivity contribution is 0.103. The number of aryl methyl sites for hydroxylation is 1. The smallest absolute Gasteiger partial charge is 0.195 e. The highest BCUT2D eigenvalue weighted by molar-refractivity contribution is 6.31. The van der Waals surface area contributed by atoms with Crippen molar-refractivity contribution in [3.05, 3.63) is 58.4 Å². The normalized spacial score (nSPS) is 10.3. The first-order chi connectivity index (χ1) is 9.11. The summed E-state index contributed by atoms with van der Waals surface area (Å²) in [6, 6.07) is 6.96. The van der Waals surface area contributed by atoms with Crippen LogP contribution in [0.5, 0.6) is 5.75 Å². The number of hydrogen-bond acceptors (Lipinski definition) is 3. The Balaban J connectivity index is 2.38. The van der Waals surface area contributed by atoms with Crippen molar-refractivity contribution in [1.82, 2.24) is 4.98 Å². The topological polar surface area (TPSA) is 39.2 Å². The van der Waals surface area contributed by atoms with Gasteiger partial charge in [0.05, 0.1) is 12.8 Å². The number of halogens is 1. The van der Waals surface area contributed by atoms with Gasteiger partial charge in [0.15, 0.2) is 5.78 Å². The molecule has 19 heavy (non-hydrogen) atoms. The van der Waals surface area contributed by atoms with Gasteiger partial charge in [0.1, 0.15) is 5.75 Å². The molecule has 0 fully saturated rings. The Hall–Kier alpha value is -1.87. The predicted molar refractivity (Wildman–Crippen MR) is 75.0 cm³/mol. The van der Waals surface area contributed by atoms with E-state index in [4.69, 9.17) is 16.3 Å². The Labute approximate surface area is 117 Å². The number of rotatable bonds is 4. The number of carbonyl (C=O) groups is 1. The maximum atomic E-state index is 12.4. The largest absolute Gasteiger partial charge is 0.492 e. The fraction of sp³-hybridized carbons (Fsp3) is 0.200. The van der Waals surface area contributed by atoms with Crippen molar-refractivity contribution in [1.29, 1.82) is 0 Å². The number of ether oxygens (including phenoxy) is 1. The van der Waals surface area contributed by atoms with Crippen molar-refractivity contribution in [2.75, 3.05) is 6.61 Å². The summed E-state index contributed by atoms with van der Waals surface area (Å²) in [5.41, 5.74) is 1.97. The molecule has 0 aliphatic heterocycles. The van der Waals surface area contributed by atoms with Crippen molar-refractivity contribution in [3.63, 3.8) is 0 Å². The Morgan fingerprint density at radius 3 is 2.84 bits per heavy atom. The van der Waals surface area contributed by atoms with Crippen LogP contribution in [0.15, 0.2) is 36.7 Å². The zero-order chi connectivity index (χ0) is 13.8. The van der Waals surface area contributed by atoms with Gasteiger partial charge in [0.2, 0.25) is 0 Å². The van der Waals surface area contributed by atoms with Crippen molar-refractivity contribution < 1.29 is 9.53 Å². The van der Waals surface area contributed by atoms with Gasteiger partial charge in [-0.15, -0.1) is 0 Å². The van der Waals surface area contributed by atoms with E-state index in [-0.39, 0.29) is 5.78 Å². The zero-order valence-corrected chi connectivity index (χ0v) is 11.6. The Morgan fingerprint density at radius 2 is 2.11 bits per heavy atom. The molecule has 1 heterocycles. The molecule has 1 aromatic heterocycles. The average molecular weight is 276 g/mol. The molecule has 0 unspecified atom stereocenters. The first kappa shape index (κ1) is 13.6. The van der Waals surface area contributed by atoms with Gasteiger partial charge in [-0.3, -0.25) is 9.78 Å². The summed E-state index contributed by atoms with van der Waals surface area (Å²) in [6.45, 7) is 4.30. The molecule has 0 aliphatic rings. The molecular weight excluding hydrogens is 262 g/mol. The second-order valence-electron chi connectivity index (χ2n) is 4.13. The molecule has 2 rings (SSSR count). The number of hydrogen-bond donors (Lipinski definition) is 0. The summed E-state index contributed by atoms with van der Waals surface area (Å²) in [5, 5.41) is 0.544. The highest BCUT2D eigenvalue weighted by Crippen LogP contribution is 2.20. The van der Waals surface area contributed by atoms with Crippen LogP contribution in [-0.4, -0.2) is 17.4 Å². The van der Waals surface area contributed by atoms with E-state index >= 15 is 0 Å². The molecule has 0 saturated heterocycles. The highest BCUT2D eigenvalue weighted by Gasteiger charge is 2.13. The van der Waals surface area contributed by atoms with E-state index in [2.05, 4.69) is 4.98 Å². The molecule has 0 amide bonds. The van der Waals surface area contributed by atoms with Crippen LogP contribution >= 0.6 is 11.6 Å². The minimum atomic E-state index is -0.103. The lowest BCUT2D eigenvalue weighted by Gasteiger charge is -2.07. The second kappa shape index (κ2) is 5.85. The summed E-state index contributed by atoms with van der Waals surface area (Å²) < 4.78 is 5.35. The molecule has 0 spiro atoms. The van der Waals surface area contributed by atoms with Gasteiger partial charge >= 0.3 is 0 Å². The number of nitrogens with zero attached hydrogens (tertiary/aromatic N) is 1. The first-order valence-electron chi connectivity index (χ1n) is 6.00. The number of pyridine rings is 1. The maximum absolute atomic E-state index is 12.4. The van der Waals surface area contributed by atoms with Crippen LogP contribution in [0.3, 0.4) is 0 Å². The summed E-state index contributed by atoms with van der Waals surface area (Å²) >= 11 is 5.94. The van der Waals surface area contributed by atoms with Crippen molar-refractivity contribution >= 4 is 17.4 Å². The first-order valence-corrected chi connectivity index (χ1v) is 6.38. The fourth-order valence-corrected chi connectivity index (χ4v) is 1.96. The quantitative estimate of drug-likeness (QED) is 0.799. The Kier molecular flexibility index (Phi) is 4.17. The average Bonchev–Trinajstić information content (AvgIpc) is 2.41. The Morgan fingerprint density at radius 1 is 1.32 bits per heavy atom. The summed E-state index contributed by atoms with van der Waals surface area (Å²) in [4.78, 5) is 16.4. The fourth-order valence-electron chi connectivity index (χ4n) is 1.78. The molecule has 4 heteroatoms. The molecule has 3 nitrogen and oxygen atoms in total. The van der Waals surface area contributed by atoms with Gasteiger partial charge in [-0.2, -0.15) is 0 Å². The van der Waals surface area contributed by atoms with E-state index in [0.717, 1.165) is 5.56 Å². The van der Waals surface area contributed by atoms with Gasteiger partial charge in [0.25, 0.3) is 0 Å². The van der Waals surface area contributed by atoms with Gasteiger partial charge in [-0.1, -0.05) is 17.7 Å². The third kappa shape index (κ3) is 3.12. The summed E-state index contributed by atoms with van der Waals surface area (Å²) in [7, 11) is 0. The predicted octanol–water partition coefficient (Wildman–Crippen LogP) is 3.67. The summed E-state index contributed by atoms with van der Waals surface area (Å²) in [6.07, 6.45) is 3.12. The van der Waals surface area contributed by atoms with E-state index in [1.807, 2.05) is 19.9 Å². The van der Waals surface area contributed by atoms with Crippen LogP contribution in [0.1, 0.15) is 28.4 Å². The van der Waals surface area contributed by atoms with Crippen LogP contribution in [0.2, 0.25) is 5.02 Å². The van der Waals surface area contributed by atoms with Crippen molar-refractivity contribution in [2.24, 2.45) is 0 Å². The van der Waals surface area contributed by atoms with Gasteiger partial charge < -0.3 is 4.74 Å². The molecular formula is C15H14ClNO2. The molecule has 98 valence electrons. The lowest BCUT2D eigenvalue weighted by atomic mass is 10.0. The van der Waals surface area contributed by atoms with Gasteiger partial charge in [-0.25, -0.2) is 0 Å². The molecule has 0 bridgehead atoms. The van der Waals surface area contributed by atoms with Crippen molar-refractivity contribution in [2.45, 2.75) is 13.8 Å². The number of carbonyl (C=O) groups excluding carboxylic acids is 1. The molecule has 0 atom stereocenters. The molecule has 0 aliphatic carbocycles. The minimum Gasteiger partial charge on any atom is -0.492 e. The highest BCUT2D eigenvalue weighted by atomic mass is 35.5. The molecule has 1 aromatic carbocycles.